The van der Waals surface area contributed by atoms with E-state index in [0.717, 1.165) is 69.7 Å². The second-order valence-corrected chi connectivity index (χ2v) is 9.52. The number of rotatable bonds is 8. The molecular formula is C25H42IN5O2. The molecule has 1 heterocycles. The number of carbonyl (C=O) groups excluding carboxylic acids is 1. The SMILES string of the molecule is CCNC(=NCc1ccc(N2CCC(CO)CC2)cc1)NCC1(C(=O)N(C)C)CCCC1.I. The first-order chi connectivity index (χ1) is 15.5. The number of halogens is 1. The summed E-state index contributed by atoms with van der Waals surface area (Å²) in [6.07, 6.45) is 6.20. The number of aliphatic imine (C=N–C) groups is 1. The molecule has 0 atom stereocenters. The number of nitrogens with one attached hydrogen (secondary N) is 2. The summed E-state index contributed by atoms with van der Waals surface area (Å²) in [7, 11) is 3.69. The Kier molecular flexibility index (Phi) is 11.2. The number of aliphatic hydroxyl groups is 1. The van der Waals surface area contributed by atoms with E-state index in [1.165, 1.54) is 5.69 Å². The lowest BCUT2D eigenvalue weighted by Crippen LogP contribution is -2.49. The number of carbonyl (C=O) groups is 1. The van der Waals surface area contributed by atoms with Gasteiger partial charge in [-0.2, -0.15) is 0 Å². The van der Waals surface area contributed by atoms with Crippen molar-refractivity contribution in [2.45, 2.75) is 52.0 Å². The van der Waals surface area contributed by atoms with Gasteiger partial charge in [-0.05, 0) is 56.2 Å². The van der Waals surface area contributed by atoms with E-state index < -0.39 is 0 Å². The molecule has 8 heteroatoms. The lowest BCUT2D eigenvalue weighted by molar-refractivity contribution is -0.138. The molecule has 1 amide bonds. The normalized spacial score (nSPS) is 18.5. The summed E-state index contributed by atoms with van der Waals surface area (Å²) in [6, 6.07) is 8.64. The zero-order chi connectivity index (χ0) is 23.0. The number of benzene rings is 1. The fourth-order valence-electron chi connectivity index (χ4n) is 4.94. The Morgan fingerprint density at radius 1 is 1.15 bits per heavy atom. The minimum absolute atomic E-state index is 0. The second kappa shape index (κ2) is 13.4. The first-order valence-corrected chi connectivity index (χ1v) is 12.2. The van der Waals surface area contributed by atoms with Gasteiger partial charge in [0.1, 0.15) is 0 Å². The summed E-state index contributed by atoms with van der Waals surface area (Å²) in [4.78, 5) is 21.7. The van der Waals surface area contributed by atoms with E-state index in [1.54, 1.807) is 4.90 Å². The van der Waals surface area contributed by atoms with Crippen molar-refractivity contribution in [1.82, 2.24) is 15.5 Å². The molecule has 1 saturated heterocycles. The standard InChI is InChI=1S/C25H41N5O2.HI/c1-4-26-24(28-19-25(13-5-6-14-25)23(32)29(2)3)27-17-20-7-9-22(10-8-20)30-15-11-21(18-31)12-16-30;/h7-10,21,31H,4-6,11-19H2,1-3H3,(H2,26,27,28);1H. The average molecular weight is 572 g/mol. The summed E-state index contributed by atoms with van der Waals surface area (Å²) >= 11 is 0. The third kappa shape index (κ3) is 7.47. The Hall–Kier alpha value is -1.55. The van der Waals surface area contributed by atoms with Gasteiger partial charge in [-0.25, -0.2) is 4.99 Å². The molecule has 2 fully saturated rings. The first kappa shape index (κ1) is 27.7. The number of nitrogens with zero attached hydrogens (tertiary/aromatic N) is 3. The van der Waals surface area contributed by atoms with E-state index in [4.69, 9.17) is 4.99 Å². The van der Waals surface area contributed by atoms with Gasteiger partial charge in [0.15, 0.2) is 5.96 Å². The van der Waals surface area contributed by atoms with Crippen LogP contribution in [0.15, 0.2) is 29.3 Å². The van der Waals surface area contributed by atoms with Crippen LogP contribution in [-0.2, 0) is 11.3 Å². The summed E-state index contributed by atoms with van der Waals surface area (Å²) in [6.45, 7) is 6.37. The Balaban J connectivity index is 0.00000385. The molecule has 3 N–H and O–H groups in total. The molecule has 0 aromatic heterocycles. The molecule has 186 valence electrons. The highest BCUT2D eigenvalue weighted by Crippen LogP contribution is 2.38. The fraction of sp³-hybridized carbons (Fsp3) is 0.680. The number of hydrogen-bond acceptors (Lipinski definition) is 4. The van der Waals surface area contributed by atoms with E-state index in [0.29, 0.717) is 25.6 Å². The van der Waals surface area contributed by atoms with Gasteiger partial charge in [0, 0.05) is 52.6 Å². The van der Waals surface area contributed by atoms with Gasteiger partial charge in [0.05, 0.1) is 12.0 Å². The summed E-state index contributed by atoms with van der Waals surface area (Å²) < 4.78 is 0. The number of anilines is 1. The van der Waals surface area contributed by atoms with Crippen LogP contribution in [0.4, 0.5) is 5.69 Å². The second-order valence-electron chi connectivity index (χ2n) is 9.52. The Morgan fingerprint density at radius 2 is 1.79 bits per heavy atom. The number of piperidine rings is 1. The molecule has 0 radical (unpaired) electrons. The molecule has 33 heavy (non-hydrogen) atoms. The largest absolute Gasteiger partial charge is 0.396 e. The zero-order valence-electron chi connectivity index (χ0n) is 20.5. The number of guanidine groups is 1. The third-order valence-electron chi connectivity index (χ3n) is 6.95. The quantitative estimate of drug-likeness (QED) is 0.254. The lowest BCUT2D eigenvalue weighted by Gasteiger charge is -2.33. The van der Waals surface area contributed by atoms with Crippen LogP contribution < -0.4 is 15.5 Å². The maximum absolute atomic E-state index is 12.8. The number of aliphatic hydroxyl groups excluding tert-OH is 1. The van der Waals surface area contributed by atoms with Gasteiger partial charge in [0.25, 0.3) is 0 Å². The maximum atomic E-state index is 12.8. The Labute approximate surface area is 216 Å². The van der Waals surface area contributed by atoms with Crippen molar-refractivity contribution in [1.29, 1.82) is 0 Å². The predicted molar refractivity (Wildman–Crippen MR) is 146 cm³/mol. The van der Waals surface area contributed by atoms with Crippen LogP contribution in [0.2, 0.25) is 0 Å². The minimum atomic E-state index is -0.315. The van der Waals surface area contributed by atoms with E-state index in [2.05, 4.69) is 46.7 Å². The summed E-state index contributed by atoms with van der Waals surface area (Å²) in [5.41, 5.74) is 2.09. The van der Waals surface area contributed by atoms with Crippen molar-refractivity contribution < 1.29 is 9.90 Å². The molecule has 7 nitrogen and oxygen atoms in total. The van der Waals surface area contributed by atoms with Crippen LogP contribution in [0, 0.1) is 11.3 Å². The van der Waals surface area contributed by atoms with Gasteiger partial charge in [-0.3, -0.25) is 4.79 Å². The molecule has 0 unspecified atom stereocenters. The van der Waals surface area contributed by atoms with Crippen molar-refractivity contribution in [2.75, 3.05) is 51.8 Å². The smallest absolute Gasteiger partial charge is 0.230 e. The maximum Gasteiger partial charge on any atom is 0.230 e. The molecule has 1 aliphatic carbocycles. The van der Waals surface area contributed by atoms with Gasteiger partial charge in [-0.1, -0.05) is 25.0 Å². The summed E-state index contributed by atoms with van der Waals surface area (Å²) in [5, 5.41) is 16.1. The molecular weight excluding hydrogens is 529 g/mol. The molecule has 1 saturated carbocycles. The lowest BCUT2D eigenvalue weighted by atomic mass is 9.84. The van der Waals surface area contributed by atoms with Crippen LogP contribution in [-0.4, -0.2) is 68.8 Å². The van der Waals surface area contributed by atoms with E-state index >= 15 is 0 Å². The third-order valence-corrected chi connectivity index (χ3v) is 6.95. The van der Waals surface area contributed by atoms with E-state index in [1.807, 2.05) is 14.1 Å². The van der Waals surface area contributed by atoms with Gasteiger partial charge in [-0.15, -0.1) is 24.0 Å². The monoisotopic (exact) mass is 571 g/mol. The van der Waals surface area contributed by atoms with Crippen molar-refractivity contribution in [2.24, 2.45) is 16.3 Å². The van der Waals surface area contributed by atoms with Crippen LogP contribution in [0.25, 0.3) is 0 Å². The topological polar surface area (TPSA) is 80.2 Å². The molecule has 1 aromatic rings. The fourth-order valence-corrected chi connectivity index (χ4v) is 4.94. The van der Waals surface area contributed by atoms with E-state index in [-0.39, 0.29) is 35.3 Å². The molecule has 3 rings (SSSR count). The highest BCUT2D eigenvalue weighted by Gasteiger charge is 2.42. The first-order valence-electron chi connectivity index (χ1n) is 12.2. The highest BCUT2D eigenvalue weighted by molar-refractivity contribution is 14.0. The Bertz CT molecular complexity index is 755. The average Bonchev–Trinajstić information content (AvgIpc) is 3.31. The van der Waals surface area contributed by atoms with Crippen LogP contribution in [0.1, 0.15) is 51.0 Å². The molecule has 0 bridgehead atoms. The van der Waals surface area contributed by atoms with Crippen LogP contribution >= 0.6 is 24.0 Å². The number of hydrogen-bond donors (Lipinski definition) is 3. The van der Waals surface area contributed by atoms with Crippen LogP contribution in [0.5, 0.6) is 0 Å². The predicted octanol–water partition coefficient (Wildman–Crippen LogP) is 3.22. The molecule has 0 spiro atoms. The van der Waals surface area contributed by atoms with Crippen molar-refractivity contribution >= 4 is 41.5 Å². The van der Waals surface area contributed by atoms with Crippen molar-refractivity contribution in [3.63, 3.8) is 0 Å². The molecule has 1 aliphatic heterocycles. The van der Waals surface area contributed by atoms with Gasteiger partial charge < -0.3 is 25.5 Å². The van der Waals surface area contributed by atoms with Gasteiger partial charge in [0.2, 0.25) is 5.91 Å². The zero-order valence-corrected chi connectivity index (χ0v) is 22.8. The van der Waals surface area contributed by atoms with Crippen molar-refractivity contribution in [3.05, 3.63) is 29.8 Å². The highest BCUT2D eigenvalue weighted by atomic mass is 127. The van der Waals surface area contributed by atoms with Crippen LogP contribution in [0.3, 0.4) is 0 Å². The Morgan fingerprint density at radius 3 is 2.33 bits per heavy atom. The number of amides is 1. The molecule has 1 aromatic carbocycles. The summed E-state index contributed by atoms with van der Waals surface area (Å²) in [5.74, 6) is 1.44. The minimum Gasteiger partial charge on any atom is -0.396 e. The van der Waals surface area contributed by atoms with E-state index in [9.17, 15) is 9.90 Å². The van der Waals surface area contributed by atoms with Gasteiger partial charge >= 0.3 is 0 Å². The van der Waals surface area contributed by atoms with Crippen molar-refractivity contribution in [3.8, 4) is 0 Å². The molecule has 2 aliphatic rings.